The van der Waals surface area contributed by atoms with Crippen molar-refractivity contribution in [3.63, 3.8) is 0 Å². The van der Waals surface area contributed by atoms with Crippen molar-refractivity contribution in [3.8, 4) is 5.75 Å². The topological polar surface area (TPSA) is 65.5 Å². The lowest BCUT2D eigenvalue weighted by molar-refractivity contribution is -0.131. The number of hydrogen-bond acceptors (Lipinski definition) is 4. The van der Waals surface area contributed by atoms with E-state index in [1.165, 1.54) is 0 Å². The molecule has 112 valence electrons. The van der Waals surface area contributed by atoms with Gasteiger partial charge in [0, 0.05) is 26.3 Å². The highest BCUT2D eigenvalue weighted by atomic mass is 16.3. The smallest absolute Gasteiger partial charge is 0.239 e. The SMILES string of the molecule is Cc1ccc(O)c(CNC(CC(C)C)C(=O)N(C)C)n1. The quantitative estimate of drug-likeness (QED) is 0.831. The Hall–Kier alpha value is -1.62. The van der Waals surface area contributed by atoms with Gasteiger partial charge in [-0.05, 0) is 31.4 Å². The van der Waals surface area contributed by atoms with Gasteiger partial charge in [0.25, 0.3) is 0 Å². The molecule has 0 bridgehead atoms. The van der Waals surface area contributed by atoms with Gasteiger partial charge in [-0.1, -0.05) is 13.8 Å². The van der Waals surface area contributed by atoms with Gasteiger partial charge in [0.1, 0.15) is 5.75 Å². The lowest BCUT2D eigenvalue weighted by atomic mass is 10.0. The number of rotatable bonds is 6. The van der Waals surface area contributed by atoms with E-state index >= 15 is 0 Å². The number of pyridine rings is 1. The zero-order valence-electron chi connectivity index (χ0n) is 13.0. The monoisotopic (exact) mass is 279 g/mol. The van der Waals surface area contributed by atoms with E-state index in [2.05, 4.69) is 24.1 Å². The van der Waals surface area contributed by atoms with Gasteiger partial charge in [-0.15, -0.1) is 0 Å². The summed E-state index contributed by atoms with van der Waals surface area (Å²) in [4.78, 5) is 18.0. The number of aromatic hydroxyl groups is 1. The Labute approximate surface area is 121 Å². The zero-order chi connectivity index (χ0) is 15.3. The van der Waals surface area contributed by atoms with E-state index in [0.29, 0.717) is 18.2 Å². The van der Waals surface area contributed by atoms with Crippen molar-refractivity contribution in [3.05, 3.63) is 23.5 Å². The number of carbonyl (C=O) groups excluding carboxylic acids is 1. The lowest BCUT2D eigenvalue weighted by Gasteiger charge is -2.23. The molecular formula is C15H25N3O2. The summed E-state index contributed by atoms with van der Waals surface area (Å²) in [6.07, 6.45) is 0.754. The minimum atomic E-state index is -0.258. The van der Waals surface area contributed by atoms with E-state index in [0.717, 1.165) is 12.1 Å². The van der Waals surface area contributed by atoms with Crippen LogP contribution in [0.15, 0.2) is 12.1 Å². The van der Waals surface area contributed by atoms with Crippen LogP contribution in [0.1, 0.15) is 31.7 Å². The first-order valence-electron chi connectivity index (χ1n) is 6.91. The fraction of sp³-hybridized carbons (Fsp3) is 0.600. The van der Waals surface area contributed by atoms with E-state index in [4.69, 9.17) is 0 Å². The number of nitrogens with zero attached hydrogens (tertiary/aromatic N) is 2. The largest absolute Gasteiger partial charge is 0.506 e. The van der Waals surface area contributed by atoms with Crippen molar-refractivity contribution in [2.75, 3.05) is 14.1 Å². The Bertz CT molecular complexity index is 458. The molecule has 2 N–H and O–H groups in total. The summed E-state index contributed by atoms with van der Waals surface area (Å²) in [6.45, 7) is 6.42. The summed E-state index contributed by atoms with van der Waals surface area (Å²) in [7, 11) is 3.50. The molecule has 0 aliphatic rings. The molecule has 0 saturated carbocycles. The van der Waals surface area contributed by atoms with E-state index in [1.807, 2.05) is 6.92 Å². The van der Waals surface area contributed by atoms with Crippen molar-refractivity contribution in [2.24, 2.45) is 5.92 Å². The molecule has 5 heteroatoms. The van der Waals surface area contributed by atoms with Crippen molar-refractivity contribution >= 4 is 5.91 Å². The predicted molar refractivity (Wildman–Crippen MR) is 79.4 cm³/mol. The minimum absolute atomic E-state index is 0.0471. The van der Waals surface area contributed by atoms with E-state index in [-0.39, 0.29) is 17.7 Å². The summed E-state index contributed by atoms with van der Waals surface area (Å²) < 4.78 is 0. The number of carbonyl (C=O) groups is 1. The maximum atomic E-state index is 12.1. The molecule has 0 radical (unpaired) electrons. The number of amides is 1. The average molecular weight is 279 g/mol. The van der Waals surface area contributed by atoms with Gasteiger partial charge < -0.3 is 15.3 Å². The first-order chi connectivity index (χ1) is 9.31. The van der Waals surface area contributed by atoms with Gasteiger partial charge in [-0.3, -0.25) is 9.78 Å². The van der Waals surface area contributed by atoms with Crippen LogP contribution in [0.4, 0.5) is 0 Å². The molecule has 1 heterocycles. The highest BCUT2D eigenvalue weighted by Gasteiger charge is 2.21. The van der Waals surface area contributed by atoms with Crippen molar-refractivity contribution in [2.45, 2.75) is 39.8 Å². The van der Waals surface area contributed by atoms with Crippen LogP contribution >= 0.6 is 0 Å². The summed E-state index contributed by atoms with van der Waals surface area (Å²) in [5, 5.41) is 13.0. The first kappa shape index (κ1) is 16.4. The molecular weight excluding hydrogens is 254 g/mol. The third-order valence-electron chi connectivity index (χ3n) is 3.05. The van der Waals surface area contributed by atoms with E-state index in [1.54, 1.807) is 31.1 Å². The maximum absolute atomic E-state index is 12.1. The van der Waals surface area contributed by atoms with Crippen LogP contribution in [0.5, 0.6) is 5.75 Å². The molecule has 5 nitrogen and oxygen atoms in total. The highest BCUT2D eigenvalue weighted by Crippen LogP contribution is 2.15. The Morgan fingerprint density at radius 2 is 2.05 bits per heavy atom. The first-order valence-corrected chi connectivity index (χ1v) is 6.91. The molecule has 0 saturated heterocycles. The Balaban J connectivity index is 2.75. The summed E-state index contributed by atoms with van der Waals surface area (Å²) in [5.74, 6) is 0.616. The van der Waals surface area contributed by atoms with Crippen LogP contribution in [0.2, 0.25) is 0 Å². The number of nitrogens with one attached hydrogen (secondary N) is 1. The van der Waals surface area contributed by atoms with Crippen LogP contribution in [0, 0.1) is 12.8 Å². The Morgan fingerprint density at radius 3 is 2.60 bits per heavy atom. The number of aryl methyl sites for hydroxylation is 1. The molecule has 1 atom stereocenters. The van der Waals surface area contributed by atoms with Gasteiger partial charge in [0.2, 0.25) is 5.91 Å². The van der Waals surface area contributed by atoms with Gasteiger partial charge in [0.15, 0.2) is 0 Å². The van der Waals surface area contributed by atoms with Crippen LogP contribution in [0.25, 0.3) is 0 Å². The second-order valence-corrected chi connectivity index (χ2v) is 5.71. The van der Waals surface area contributed by atoms with Crippen LogP contribution in [-0.4, -0.2) is 41.0 Å². The summed E-state index contributed by atoms with van der Waals surface area (Å²) >= 11 is 0. The summed E-state index contributed by atoms with van der Waals surface area (Å²) in [5.41, 5.74) is 1.42. The fourth-order valence-corrected chi connectivity index (χ4v) is 2.01. The molecule has 1 aromatic rings. The molecule has 0 fully saturated rings. The van der Waals surface area contributed by atoms with Crippen LogP contribution in [-0.2, 0) is 11.3 Å². The van der Waals surface area contributed by atoms with Gasteiger partial charge in [-0.2, -0.15) is 0 Å². The number of aromatic nitrogens is 1. The molecule has 0 spiro atoms. The molecule has 0 aromatic carbocycles. The van der Waals surface area contributed by atoms with Gasteiger partial charge >= 0.3 is 0 Å². The highest BCUT2D eigenvalue weighted by molar-refractivity contribution is 5.81. The minimum Gasteiger partial charge on any atom is -0.506 e. The van der Waals surface area contributed by atoms with Crippen LogP contribution < -0.4 is 5.32 Å². The average Bonchev–Trinajstić information content (AvgIpc) is 2.36. The number of hydrogen-bond donors (Lipinski definition) is 2. The zero-order valence-corrected chi connectivity index (χ0v) is 13.0. The second kappa shape index (κ2) is 7.24. The molecule has 1 amide bonds. The molecule has 0 aliphatic heterocycles. The molecule has 20 heavy (non-hydrogen) atoms. The lowest BCUT2D eigenvalue weighted by Crippen LogP contribution is -2.44. The molecule has 1 unspecified atom stereocenters. The van der Waals surface area contributed by atoms with Crippen molar-refractivity contribution < 1.29 is 9.90 Å². The van der Waals surface area contributed by atoms with Crippen LogP contribution in [0.3, 0.4) is 0 Å². The Morgan fingerprint density at radius 1 is 1.40 bits per heavy atom. The number of likely N-dealkylation sites (N-methyl/N-ethyl adjacent to an activating group) is 1. The van der Waals surface area contributed by atoms with E-state index < -0.39 is 0 Å². The van der Waals surface area contributed by atoms with Crippen molar-refractivity contribution in [1.29, 1.82) is 0 Å². The third-order valence-corrected chi connectivity index (χ3v) is 3.05. The normalized spacial score (nSPS) is 12.5. The maximum Gasteiger partial charge on any atom is 0.239 e. The molecule has 1 rings (SSSR count). The summed E-state index contributed by atoms with van der Waals surface area (Å²) in [6, 6.07) is 3.13. The van der Waals surface area contributed by atoms with Crippen molar-refractivity contribution in [1.82, 2.24) is 15.2 Å². The van der Waals surface area contributed by atoms with E-state index in [9.17, 15) is 9.90 Å². The molecule has 1 aromatic heterocycles. The second-order valence-electron chi connectivity index (χ2n) is 5.71. The Kier molecular flexibility index (Phi) is 5.95. The predicted octanol–water partition coefficient (Wildman–Crippen LogP) is 1.69. The fourth-order valence-electron chi connectivity index (χ4n) is 2.01. The molecule has 0 aliphatic carbocycles. The standard InChI is InChI=1S/C15H25N3O2/c1-10(2)8-12(15(20)18(4)5)16-9-13-14(19)7-6-11(3)17-13/h6-7,10,12,16,19H,8-9H2,1-5H3. The van der Waals surface area contributed by atoms with Gasteiger partial charge in [-0.25, -0.2) is 0 Å². The third kappa shape index (κ3) is 4.81. The van der Waals surface area contributed by atoms with Gasteiger partial charge in [0.05, 0.1) is 11.7 Å².